The third kappa shape index (κ3) is 5.92. The molecule has 1 aromatic carbocycles. The van der Waals surface area contributed by atoms with Crippen LogP contribution in [0.2, 0.25) is 10.0 Å². The second-order valence-electron chi connectivity index (χ2n) is 6.64. The van der Waals surface area contributed by atoms with Crippen LogP contribution in [0.5, 0.6) is 11.6 Å². The number of carbonyl (C=O) groups is 1. The molecule has 2 aromatic heterocycles. The largest absolute Gasteiger partial charge is 0.435 e. The number of ether oxygens (including phenoxy) is 1. The van der Waals surface area contributed by atoms with Crippen molar-refractivity contribution in [2.24, 2.45) is 0 Å². The molecule has 152 valence electrons. The molecule has 0 saturated carbocycles. The Morgan fingerprint density at radius 1 is 1.28 bits per heavy atom. The molecule has 0 aliphatic rings. The average molecular weight is 435 g/mol. The number of nitrogens with one attached hydrogen (secondary N) is 1. The second-order valence-corrected chi connectivity index (χ2v) is 7.49. The van der Waals surface area contributed by atoms with E-state index in [1.54, 1.807) is 24.3 Å². The first-order valence-electron chi connectivity index (χ1n) is 9.12. The van der Waals surface area contributed by atoms with Crippen LogP contribution in [0, 0.1) is 0 Å². The van der Waals surface area contributed by atoms with E-state index in [1.807, 2.05) is 13.8 Å². The van der Waals surface area contributed by atoms with Gasteiger partial charge in [0.25, 0.3) is 0 Å². The first-order valence-corrected chi connectivity index (χ1v) is 9.88. The van der Waals surface area contributed by atoms with E-state index >= 15 is 0 Å². The summed E-state index contributed by atoms with van der Waals surface area (Å²) in [7, 11) is 0. The number of benzene rings is 1. The Bertz CT molecular complexity index is 991. The summed E-state index contributed by atoms with van der Waals surface area (Å²) in [6.07, 6.45) is 2.86. The lowest BCUT2D eigenvalue weighted by Crippen LogP contribution is -2.12. The average Bonchev–Trinajstić information content (AvgIpc) is 3.15. The molecule has 0 bridgehead atoms. The Morgan fingerprint density at radius 2 is 2.07 bits per heavy atom. The summed E-state index contributed by atoms with van der Waals surface area (Å²) in [5.74, 6) is 1.89. The van der Waals surface area contributed by atoms with Crippen LogP contribution in [0.4, 0.5) is 5.69 Å². The molecule has 9 heteroatoms. The molecule has 1 N–H and O–H groups in total. The zero-order chi connectivity index (χ0) is 20.8. The van der Waals surface area contributed by atoms with Crippen LogP contribution in [-0.2, 0) is 11.2 Å². The van der Waals surface area contributed by atoms with Crippen LogP contribution < -0.4 is 10.1 Å². The Labute approximate surface area is 178 Å². The van der Waals surface area contributed by atoms with Gasteiger partial charge in [0.15, 0.2) is 11.6 Å². The molecule has 0 radical (unpaired) electrons. The molecule has 1 amide bonds. The molecule has 29 heavy (non-hydrogen) atoms. The maximum Gasteiger partial charge on any atom is 0.238 e. The zero-order valence-electron chi connectivity index (χ0n) is 16.0. The maximum absolute atomic E-state index is 12.3. The SMILES string of the molecule is CC(C)c1noc(CCCC(=O)Nc2ccccc2Oc2ncc(Cl)cc2Cl)n1. The predicted octanol–water partition coefficient (Wildman–Crippen LogP) is 5.65. The van der Waals surface area contributed by atoms with Crippen LogP contribution >= 0.6 is 23.2 Å². The van der Waals surface area contributed by atoms with Crippen LogP contribution in [0.1, 0.15) is 44.3 Å². The molecule has 0 saturated heterocycles. The molecule has 0 aliphatic heterocycles. The van der Waals surface area contributed by atoms with Crippen molar-refractivity contribution in [2.75, 3.05) is 5.32 Å². The summed E-state index contributed by atoms with van der Waals surface area (Å²) < 4.78 is 10.9. The number of halogens is 2. The molecule has 0 fully saturated rings. The van der Waals surface area contributed by atoms with Crippen molar-refractivity contribution in [3.8, 4) is 11.6 Å². The minimum absolute atomic E-state index is 0.153. The van der Waals surface area contributed by atoms with Crippen molar-refractivity contribution >= 4 is 34.8 Å². The molecular weight excluding hydrogens is 415 g/mol. The van der Waals surface area contributed by atoms with Crippen molar-refractivity contribution in [3.63, 3.8) is 0 Å². The highest BCUT2D eigenvalue weighted by Crippen LogP contribution is 2.33. The highest BCUT2D eigenvalue weighted by Gasteiger charge is 2.13. The fourth-order valence-electron chi connectivity index (χ4n) is 2.46. The predicted molar refractivity (Wildman–Crippen MR) is 111 cm³/mol. The van der Waals surface area contributed by atoms with Gasteiger partial charge in [-0.2, -0.15) is 4.98 Å². The number of hydrogen-bond donors (Lipinski definition) is 1. The second kappa shape index (κ2) is 9.71. The quantitative estimate of drug-likeness (QED) is 0.492. The van der Waals surface area contributed by atoms with Gasteiger partial charge in [0, 0.05) is 25.0 Å². The number of pyridine rings is 1. The first-order chi connectivity index (χ1) is 13.9. The number of aryl methyl sites for hydroxylation is 1. The third-order valence-corrected chi connectivity index (χ3v) is 4.41. The number of para-hydroxylation sites is 2. The van der Waals surface area contributed by atoms with Crippen molar-refractivity contribution in [1.82, 2.24) is 15.1 Å². The molecule has 3 aromatic rings. The van der Waals surface area contributed by atoms with Gasteiger partial charge in [0.1, 0.15) is 5.02 Å². The highest BCUT2D eigenvalue weighted by atomic mass is 35.5. The molecular formula is C20H20Cl2N4O3. The summed E-state index contributed by atoms with van der Waals surface area (Å²) in [6.45, 7) is 3.99. The van der Waals surface area contributed by atoms with Gasteiger partial charge in [0.2, 0.25) is 17.7 Å². The van der Waals surface area contributed by atoms with E-state index in [0.717, 1.165) is 0 Å². The molecule has 0 spiro atoms. The third-order valence-electron chi connectivity index (χ3n) is 3.94. The van der Waals surface area contributed by atoms with Crippen LogP contribution in [0.3, 0.4) is 0 Å². The van der Waals surface area contributed by atoms with Crippen molar-refractivity contribution in [1.29, 1.82) is 0 Å². The van der Waals surface area contributed by atoms with E-state index in [1.165, 1.54) is 12.3 Å². The molecule has 3 rings (SSSR count). The molecule has 0 atom stereocenters. The molecule has 0 unspecified atom stereocenters. The Morgan fingerprint density at radius 3 is 2.79 bits per heavy atom. The number of nitrogens with zero attached hydrogens (tertiary/aromatic N) is 3. The van der Waals surface area contributed by atoms with Gasteiger partial charge in [0.05, 0.1) is 10.7 Å². The maximum atomic E-state index is 12.3. The Hall–Kier alpha value is -2.64. The fraction of sp³-hybridized carbons (Fsp3) is 0.300. The number of carbonyl (C=O) groups excluding carboxylic acids is 1. The van der Waals surface area contributed by atoms with Gasteiger partial charge in [-0.25, -0.2) is 4.98 Å². The van der Waals surface area contributed by atoms with Crippen LogP contribution in [0.15, 0.2) is 41.1 Å². The normalized spacial score (nSPS) is 10.9. The Balaban J connectivity index is 1.57. The monoisotopic (exact) mass is 434 g/mol. The topological polar surface area (TPSA) is 90.1 Å². The summed E-state index contributed by atoms with van der Waals surface area (Å²) in [4.78, 5) is 20.7. The zero-order valence-corrected chi connectivity index (χ0v) is 17.5. The summed E-state index contributed by atoms with van der Waals surface area (Å²) in [5.41, 5.74) is 0.519. The Kier molecular flexibility index (Phi) is 7.06. The van der Waals surface area contributed by atoms with Crippen molar-refractivity contribution in [3.05, 3.63) is 58.3 Å². The lowest BCUT2D eigenvalue weighted by Gasteiger charge is -2.12. The van der Waals surface area contributed by atoms with E-state index in [0.29, 0.717) is 47.4 Å². The van der Waals surface area contributed by atoms with Gasteiger partial charge in [-0.3, -0.25) is 4.79 Å². The number of aromatic nitrogens is 3. The standard InChI is InChI=1S/C20H20Cl2N4O3/c1-12(2)19-25-18(29-26-19)9-5-8-17(27)24-15-6-3-4-7-16(15)28-20-14(22)10-13(21)11-23-20/h3-4,6-7,10-12H,5,8-9H2,1-2H3,(H,24,27). The van der Waals surface area contributed by atoms with E-state index < -0.39 is 0 Å². The van der Waals surface area contributed by atoms with E-state index in [9.17, 15) is 4.79 Å². The van der Waals surface area contributed by atoms with Crippen molar-refractivity contribution < 1.29 is 14.1 Å². The summed E-state index contributed by atoms with van der Waals surface area (Å²) in [6, 6.07) is 8.58. The number of amides is 1. The van der Waals surface area contributed by atoms with Gasteiger partial charge in [-0.05, 0) is 24.6 Å². The van der Waals surface area contributed by atoms with Crippen molar-refractivity contribution in [2.45, 2.75) is 39.0 Å². The highest BCUT2D eigenvalue weighted by molar-refractivity contribution is 6.35. The van der Waals surface area contributed by atoms with Gasteiger partial charge in [-0.15, -0.1) is 0 Å². The lowest BCUT2D eigenvalue weighted by molar-refractivity contribution is -0.116. The smallest absolute Gasteiger partial charge is 0.238 e. The molecule has 0 aliphatic carbocycles. The first kappa shape index (κ1) is 21.1. The van der Waals surface area contributed by atoms with Gasteiger partial charge >= 0.3 is 0 Å². The number of anilines is 1. The molecule has 7 nitrogen and oxygen atoms in total. The van der Waals surface area contributed by atoms with Gasteiger partial charge < -0.3 is 14.6 Å². The minimum atomic E-state index is -0.153. The van der Waals surface area contributed by atoms with E-state index in [2.05, 4.69) is 20.4 Å². The van der Waals surface area contributed by atoms with Gasteiger partial charge in [-0.1, -0.05) is 54.3 Å². The summed E-state index contributed by atoms with van der Waals surface area (Å²) >= 11 is 12.0. The molecule has 2 heterocycles. The lowest BCUT2D eigenvalue weighted by atomic mass is 10.2. The van der Waals surface area contributed by atoms with E-state index in [-0.39, 0.29) is 22.7 Å². The number of hydrogen-bond acceptors (Lipinski definition) is 6. The summed E-state index contributed by atoms with van der Waals surface area (Å²) in [5, 5.41) is 7.45. The number of rotatable bonds is 8. The minimum Gasteiger partial charge on any atom is -0.435 e. The van der Waals surface area contributed by atoms with Crippen LogP contribution in [-0.4, -0.2) is 21.0 Å². The fourth-order valence-corrected chi connectivity index (χ4v) is 2.88. The van der Waals surface area contributed by atoms with Crippen LogP contribution in [0.25, 0.3) is 0 Å². The van der Waals surface area contributed by atoms with E-state index in [4.69, 9.17) is 32.5 Å².